The molecule has 0 aliphatic carbocycles. The maximum Gasteiger partial charge on any atom is 0.271 e. The Balaban J connectivity index is 0. The van der Waals surface area contributed by atoms with E-state index in [1.165, 1.54) is 13.8 Å². The predicted molar refractivity (Wildman–Crippen MR) is 39.7 cm³/mol. The molecule has 0 atom stereocenters. The molecule has 0 spiro atoms. The van der Waals surface area contributed by atoms with Gasteiger partial charge in [-0.3, -0.25) is 4.55 Å². The van der Waals surface area contributed by atoms with Crippen LogP contribution in [-0.2, 0) is 10.1 Å². The van der Waals surface area contributed by atoms with Gasteiger partial charge >= 0.3 is 0 Å². The Labute approximate surface area is 60.9 Å². The molecule has 0 aromatic rings. The van der Waals surface area contributed by atoms with Crippen molar-refractivity contribution in [3.05, 3.63) is 0 Å². The maximum absolute atomic E-state index is 10.4. The quantitative estimate of drug-likeness (QED) is 0.495. The predicted octanol–water partition coefficient (Wildman–Crippen LogP) is -0.226. The highest BCUT2D eigenvalue weighted by molar-refractivity contribution is 7.87. The van der Waals surface area contributed by atoms with Crippen LogP contribution in [0.1, 0.15) is 13.8 Å². The molecule has 0 bridgehead atoms. The zero-order chi connectivity index (χ0) is 7.71. The van der Waals surface area contributed by atoms with Gasteiger partial charge in [0, 0.05) is 6.54 Å². The first-order valence-corrected chi connectivity index (χ1v) is 3.92. The molecule has 0 aliphatic heterocycles. The summed E-state index contributed by atoms with van der Waals surface area (Å²) >= 11 is 0. The van der Waals surface area contributed by atoms with Crippen LogP contribution in [0.4, 0.5) is 0 Å². The molecule has 0 heterocycles. The molecule has 0 aromatic carbocycles. The highest BCUT2D eigenvalue weighted by atomic mass is 32.2. The van der Waals surface area contributed by atoms with Crippen LogP contribution in [0, 0.1) is 0 Å². The van der Waals surface area contributed by atoms with E-state index >= 15 is 0 Å². The third kappa shape index (κ3) is 2.61. The molecule has 0 radical (unpaired) electrons. The molecular formula is C4H14N2O3S. The van der Waals surface area contributed by atoms with E-state index < -0.39 is 14.9 Å². The van der Waals surface area contributed by atoms with Crippen molar-refractivity contribution in [3.8, 4) is 0 Å². The SMILES string of the molecule is CC(C)(CN)S(=O)(=O)O.N. The van der Waals surface area contributed by atoms with Crippen LogP contribution in [0.2, 0.25) is 0 Å². The average molecular weight is 170 g/mol. The Morgan fingerprint density at radius 2 is 1.80 bits per heavy atom. The van der Waals surface area contributed by atoms with Gasteiger partial charge in [0.2, 0.25) is 0 Å². The summed E-state index contributed by atoms with van der Waals surface area (Å²) in [5.74, 6) is 0. The van der Waals surface area contributed by atoms with E-state index in [1.54, 1.807) is 0 Å². The van der Waals surface area contributed by atoms with E-state index in [4.69, 9.17) is 10.3 Å². The molecular weight excluding hydrogens is 156 g/mol. The summed E-state index contributed by atoms with van der Waals surface area (Å²) in [4.78, 5) is 0. The largest absolute Gasteiger partial charge is 0.344 e. The molecule has 10 heavy (non-hydrogen) atoms. The van der Waals surface area contributed by atoms with Crippen LogP contribution >= 0.6 is 0 Å². The van der Waals surface area contributed by atoms with Gasteiger partial charge in [-0.05, 0) is 13.8 Å². The standard InChI is InChI=1S/C4H11NO3S.H3N/c1-4(2,3-5)9(6,7)8;/h3,5H2,1-2H3,(H,6,7,8);1H3. The van der Waals surface area contributed by atoms with Gasteiger partial charge in [-0.25, -0.2) is 0 Å². The van der Waals surface area contributed by atoms with Crippen molar-refractivity contribution in [1.29, 1.82) is 0 Å². The highest BCUT2D eigenvalue weighted by Gasteiger charge is 2.30. The second-order valence-corrected chi connectivity index (χ2v) is 4.49. The van der Waals surface area contributed by atoms with E-state index in [9.17, 15) is 8.42 Å². The molecule has 6 N–H and O–H groups in total. The molecule has 0 saturated heterocycles. The van der Waals surface area contributed by atoms with Crippen molar-refractivity contribution in [1.82, 2.24) is 6.15 Å². The molecule has 5 nitrogen and oxygen atoms in total. The molecule has 0 fully saturated rings. The first kappa shape index (κ1) is 12.5. The molecule has 0 amide bonds. The van der Waals surface area contributed by atoms with E-state index in [2.05, 4.69) is 0 Å². The van der Waals surface area contributed by atoms with Crippen molar-refractivity contribution >= 4 is 10.1 Å². The monoisotopic (exact) mass is 170 g/mol. The summed E-state index contributed by atoms with van der Waals surface area (Å²) < 4.78 is 27.9. The Hall–Kier alpha value is -0.170. The summed E-state index contributed by atoms with van der Waals surface area (Å²) in [5, 5.41) is 0. The van der Waals surface area contributed by atoms with Gasteiger partial charge < -0.3 is 11.9 Å². The third-order valence-electron chi connectivity index (χ3n) is 1.19. The van der Waals surface area contributed by atoms with Crippen molar-refractivity contribution in [2.45, 2.75) is 18.6 Å². The fourth-order valence-corrected chi connectivity index (χ4v) is 0.316. The van der Waals surface area contributed by atoms with Crippen LogP contribution in [0.15, 0.2) is 0 Å². The molecule has 0 aliphatic rings. The highest BCUT2D eigenvalue weighted by Crippen LogP contribution is 2.11. The normalized spacial score (nSPS) is 12.4. The van der Waals surface area contributed by atoms with Gasteiger partial charge in [0.15, 0.2) is 0 Å². The Morgan fingerprint density at radius 3 is 1.80 bits per heavy atom. The molecule has 0 unspecified atom stereocenters. The summed E-state index contributed by atoms with van der Waals surface area (Å²) in [6.07, 6.45) is 0. The molecule has 0 saturated carbocycles. The van der Waals surface area contributed by atoms with Gasteiger partial charge in [0.25, 0.3) is 10.1 Å². The van der Waals surface area contributed by atoms with Crippen LogP contribution in [-0.4, -0.2) is 24.3 Å². The van der Waals surface area contributed by atoms with Crippen LogP contribution in [0.3, 0.4) is 0 Å². The number of rotatable bonds is 2. The van der Waals surface area contributed by atoms with Crippen molar-refractivity contribution in [2.24, 2.45) is 5.73 Å². The van der Waals surface area contributed by atoms with E-state index in [1.807, 2.05) is 0 Å². The number of nitrogens with two attached hydrogens (primary N) is 1. The van der Waals surface area contributed by atoms with Gasteiger partial charge in [0.05, 0.1) is 0 Å². The number of hydrogen-bond donors (Lipinski definition) is 3. The Kier molecular flexibility index (Phi) is 4.11. The molecule has 64 valence electrons. The maximum atomic E-state index is 10.4. The zero-order valence-corrected chi connectivity index (χ0v) is 6.98. The lowest BCUT2D eigenvalue weighted by Gasteiger charge is -2.16. The minimum atomic E-state index is -3.98. The van der Waals surface area contributed by atoms with Crippen molar-refractivity contribution in [2.75, 3.05) is 6.54 Å². The molecule has 6 heteroatoms. The van der Waals surface area contributed by atoms with E-state index in [0.717, 1.165) is 0 Å². The smallest absolute Gasteiger partial charge is 0.271 e. The van der Waals surface area contributed by atoms with Crippen molar-refractivity contribution in [3.63, 3.8) is 0 Å². The lowest BCUT2D eigenvalue weighted by Crippen LogP contribution is -2.39. The Bertz CT molecular complexity index is 185. The summed E-state index contributed by atoms with van der Waals surface area (Å²) in [5.41, 5.74) is 5.05. The summed E-state index contributed by atoms with van der Waals surface area (Å²) in [6.45, 7) is 2.65. The number of hydrogen-bond acceptors (Lipinski definition) is 4. The second-order valence-electron chi connectivity index (χ2n) is 2.44. The van der Waals surface area contributed by atoms with Gasteiger partial charge in [0.1, 0.15) is 4.75 Å². The minimum absolute atomic E-state index is 0. The Morgan fingerprint density at radius 1 is 1.50 bits per heavy atom. The fourth-order valence-electron chi connectivity index (χ4n) is 0.105. The van der Waals surface area contributed by atoms with Gasteiger partial charge in [-0.15, -0.1) is 0 Å². The molecule has 0 aromatic heterocycles. The van der Waals surface area contributed by atoms with E-state index in [-0.39, 0.29) is 12.7 Å². The lowest BCUT2D eigenvalue weighted by atomic mass is 10.2. The topological polar surface area (TPSA) is 115 Å². The van der Waals surface area contributed by atoms with Crippen LogP contribution in [0.5, 0.6) is 0 Å². The van der Waals surface area contributed by atoms with Crippen LogP contribution < -0.4 is 11.9 Å². The molecule has 0 rings (SSSR count). The summed E-state index contributed by atoms with van der Waals surface area (Å²) in [7, 11) is -3.98. The zero-order valence-electron chi connectivity index (χ0n) is 6.16. The van der Waals surface area contributed by atoms with Gasteiger partial charge in [-0.2, -0.15) is 8.42 Å². The summed E-state index contributed by atoms with van der Waals surface area (Å²) in [6, 6.07) is 0. The van der Waals surface area contributed by atoms with Crippen LogP contribution in [0.25, 0.3) is 0 Å². The first-order valence-electron chi connectivity index (χ1n) is 2.48. The lowest BCUT2D eigenvalue weighted by molar-refractivity contribution is 0.443. The van der Waals surface area contributed by atoms with Crippen molar-refractivity contribution < 1.29 is 13.0 Å². The second kappa shape index (κ2) is 3.29. The van der Waals surface area contributed by atoms with Gasteiger partial charge in [-0.1, -0.05) is 0 Å². The average Bonchev–Trinajstić information content (AvgIpc) is 1.64. The minimum Gasteiger partial charge on any atom is -0.344 e. The van der Waals surface area contributed by atoms with E-state index in [0.29, 0.717) is 0 Å². The third-order valence-corrected chi connectivity index (χ3v) is 2.75. The fraction of sp³-hybridized carbons (Fsp3) is 1.00. The first-order chi connectivity index (χ1) is 3.81.